The van der Waals surface area contributed by atoms with Gasteiger partial charge in [-0.2, -0.15) is 5.26 Å². The number of ether oxygens (including phenoxy) is 1. The van der Waals surface area contributed by atoms with Gasteiger partial charge in [0.25, 0.3) is 5.56 Å². The maximum absolute atomic E-state index is 12.4. The van der Waals surface area contributed by atoms with Gasteiger partial charge in [0, 0.05) is 12.1 Å². The van der Waals surface area contributed by atoms with Crippen molar-refractivity contribution >= 4 is 32.6 Å². The van der Waals surface area contributed by atoms with Crippen LogP contribution in [0.3, 0.4) is 0 Å². The number of carbonyl (C=O) groups excluding carboxylic acids is 1. The van der Waals surface area contributed by atoms with Crippen molar-refractivity contribution < 1.29 is 9.53 Å². The highest BCUT2D eigenvalue weighted by Crippen LogP contribution is 2.29. The highest BCUT2D eigenvalue weighted by molar-refractivity contribution is 7.22. The molecule has 0 aliphatic rings. The van der Waals surface area contributed by atoms with Crippen LogP contribution in [0.15, 0.2) is 23.0 Å². The fraction of sp³-hybridized carbons (Fsp3) is 0.300. The third-order valence-corrected chi connectivity index (χ3v) is 5.37. The highest BCUT2D eigenvalue weighted by atomic mass is 32.1. The Morgan fingerprint density at radius 2 is 2.18 bits per heavy atom. The summed E-state index contributed by atoms with van der Waals surface area (Å²) in [4.78, 5) is 31.3. The number of benzene rings is 1. The van der Waals surface area contributed by atoms with E-state index in [2.05, 4.69) is 15.3 Å². The average molecular weight is 396 g/mol. The summed E-state index contributed by atoms with van der Waals surface area (Å²) in [6.07, 6.45) is 0.646. The zero-order valence-electron chi connectivity index (χ0n) is 15.9. The minimum absolute atomic E-state index is 0.0947. The van der Waals surface area contributed by atoms with Gasteiger partial charge < -0.3 is 15.0 Å². The fourth-order valence-electron chi connectivity index (χ4n) is 3.06. The number of aryl methyl sites for hydroxylation is 1. The van der Waals surface area contributed by atoms with Crippen molar-refractivity contribution in [2.24, 2.45) is 0 Å². The van der Waals surface area contributed by atoms with Gasteiger partial charge in [0.2, 0.25) is 5.91 Å². The van der Waals surface area contributed by atoms with Gasteiger partial charge in [0.05, 0.1) is 16.8 Å². The van der Waals surface area contributed by atoms with Crippen molar-refractivity contribution in [3.63, 3.8) is 0 Å². The first-order valence-electron chi connectivity index (χ1n) is 8.88. The number of hydrogen-bond acceptors (Lipinski definition) is 6. The van der Waals surface area contributed by atoms with Gasteiger partial charge in [0.1, 0.15) is 17.4 Å². The molecule has 2 aromatic heterocycles. The number of hydrogen-bond donors (Lipinski definition) is 2. The molecule has 0 saturated carbocycles. The van der Waals surface area contributed by atoms with Crippen LogP contribution in [0.4, 0.5) is 5.13 Å². The summed E-state index contributed by atoms with van der Waals surface area (Å²) in [6, 6.07) is 7.55. The van der Waals surface area contributed by atoms with Gasteiger partial charge in [-0.25, -0.2) is 4.98 Å². The van der Waals surface area contributed by atoms with E-state index in [9.17, 15) is 9.59 Å². The van der Waals surface area contributed by atoms with E-state index in [-0.39, 0.29) is 17.9 Å². The number of nitrogens with zero attached hydrogens (tertiary/aromatic N) is 2. The molecule has 28 heavy (non-hydrogen) atoms. The van der Waals surface area contributed by atoms with Gasteiger partial charge in [-0.1, -0.05) is 11.3 Å². The second-order valence-corrected chi connectivity index (χ2v) is 7.33. The van der Waals surface area contributed by atoms with E-state index in [1.807, 2.05) is 31.2 Å². The molecule has 0 atom stereocenters. The van der Waals surface area contributed by atoms with Crippen molar-refractivity contribution in [2.75, 3.05) is 11.9 Å². The molecule has 0 aliphatic heterocycles. The molecule has 2 N–H and O–H groups in total. The summed E-state index contributed by atoms with van der Waals surface area (Å²) in [5, 5.41) is 12.5. The maximum atomic E-state index is 12.4. The number of anilines is 1. The number of aromatic amines is 1. The number of fused-ring (bicyclic) bond motifs is 1. The number of aromatic nitrogens is 2. The number of nitriles is 1. The molecule has 0 radical (unpaired) electrons. The fourth-order valence-corrected chi connectivity index (χ4v) is 3.97. The van der Waals surface area contributed by atoms with E-state index < -0.39 is 5.56 Å². The number of thiazole rings is 1. The van der Waals surface area contributed by atoms with Crippen molar-refractivity contribution in [1.82, 2.24) is 9.97 Å². The Hall–Kier alpha value is -3.18. The molecule has 0 fully saturated rings. The number of rotatable bonds is 6. The lowest BCUT2D eigenvalue weighted by Gasteiger charge is -2.10. The van der Waals surface area contributed by atoms with Crippen LogP contribution in [-0.2, 0) is 11.2 Å². The Bertz CT molecular complexity index is 1140. The Balaban J connectivity index is 1.71. The van der Waals surface area contributed by atoms with Gasteiger partial charge in [-0.15, -0.1) is 0 Å². The first kappa shape index (κ1) is 19.6. The van der Waals surface area contributed by atoms with Crippen molar-refractivity contribution in [3.05, 3.63) is 50.9 Å². The van der Waals surface area contributed by atoms with Gasteiger partial charge in [-0.05, 0) is 56.5 Å². The van der Waals surface area contributed by atoms with Crippen LogP contribution in [0.2, 0.25) is 0 Å². The van der Waals surface area contributed by atoms with Gasteiger partial charge in [-0.3, -0.25) is 9.59 Å². The first-order chi connectivity index (χ1) is 13.4. The monoisotopic (exact) mass is 396 g/mol. The number of amides is 1. The van der Waals surface area contributed by atoms with Crippen LogP contribution in [0.5, 0.6) is 5.75 Å². The maximum Gasteiger partial charge on any atom is 0.266 e. The van der Waals surface area contributed by atoms with E-state index in [1.165, 1.54) is 11.3 Å². The summed E-state index contributed by atoms with van der Waals surface area (Å²) < 4.78 is 6.42. The van der Waals surface area contributed by atoms with Gasteiger partial charge >= 0.3 is 0 Å². The summed E-state index contributed by atoms with van der Waals surface area (Å²) in [7, 11) is 0. The van der Waals surface area contributed by atoms with Crippen LogP contribution < -0.4 is 15.6 Å². The quantitative estimate of drug-likeness (QED) is 0.663. The van der Waals surface area contributed by atoms with Crippen molar-refractivity contribution in [1.29, 1.82) is 5.26 Å². The second kappa shape index (κ2) is 8.23. The molecule has 3 rings (SSSR count). The summed E-state index contributed by atoms with van der Waals surface area (Å²) >= 11 is 1.39. The Kier molecular flexibility index (Phi) is 5.76. The molecule has 0 saturated heterocycles. The van der Waals surface area contributed by atoms with E-state index in [0.717, 1.165) is 21.5 Å². The van der Waals surface area contributed by atoms with E-state index >= 15 is 0 Å². The molecular weight excluding hydrogens is 376 g/mol. The van der Waals surface area contributed by atoms with E-state index in [0.29, 0.717) is 29.4 Å². The number of nitrogens with one attached hydrogen (secondary N) is 2. The molecule has 3 aromatic rings. The standard InChI is InChI=1S/C20H20N4O3S/c1-4-27-13-5-7-16-17(9-13)28-20(23-16)24-18(25)8-6-14-11(2)15(10-21)19(26)22-12(14)3/h5,7,9H,4,6,8H2,1-3H3,(H,22,26)(H,23,24,25). The van der Waals surface area contributed by atoms with Crippen LogP contribution >= 0.6 is 11.3 Å². The smallest absolute Gasteiger partial charge is 0.266 e. The summed E-state index contributed by atoms with van der Waals surface area (Å²) in [5.74, 6) is 0.599. The Morgan fingerprint density at radius 3 is 2.89 bits per heavy atom. The lowest BCUT2D eigenvalue weighted by atomic mass is 9.99. The number of H-pyrrole nitrogens is 1. The summed E-state index contributed by atoms with van der Waals surface area (Å²) in [5.41, 5.74) is 2.62. The molecule has 2 heterocycles. The number of carbonyl (C=O) groups is 1. The van der Waals surface area contributed by atoms with E-state index in [4.69, 9.17) is 10.00 Å². The van der Waals surface area contributed by atoms with Crippen LogP contribution in [0, 0.1) is 25.2 Å². The zero-order valence-corrected chi connectivity index (χ0v) is 16.7. The molecule has 0 bridgehead atoms. The highest BCUT2D eigenvalue weighted by Gasteiger charge is 2.14. The minimum atomic E-state index is -0.397. The lowest BCUT2D eigenvalue weighted by molar-refractivity contribution is -0.116. The largest absolute Gasteiger partial charge is 0.494 e. The summed E-state index contributed by atoms with van der Waals surface area (Å²) in [6.45, 7) is 6.02. The van der Waals surface area contributed by atoms with Crippen molar-refractivity contribution in [2.45, 2.75) is 33.6 Å². The molecular formula is C20H20N4O3S. The third-order valence-electron chi connectivity index (χ3n) is 4.44. The average Bonchev–Trinajstić information content (AvgIpc) is 3.03. The minimum Gasteiger partial charge on any atom is -0.494 e. The molecule has 144 valence electrons. The molecule has 0 spiro atoms. The molecule has 7 nitrogen and oxygen atoms in total. The first-order valence-corrected chi connectivity index (χ1v) is 9.70. The molecule has 0 unspecified atom stereocenters. The molecule has 8 heteroatoms. The lowest BCUT2D eigenvalue weighted by Crippen LogP contribution is -2.18. The van der Waals surface area contributed by atoms with Crippen LogP contribution in [-0.4, -0.2) is 22.5 Å². The Morgan fingerprint density at radius 1 is 1.39 bits per heavy atom. The Labute approximate surface area is 166 Å². The molecule has 0 aliphatic carbocycles. The van der Waals surface area contributed by atoms with Gasteiger partial charge in [0.15, 0.2) is 5.13 Å². The predicted molar refractivity (Wildman–Crippen MR) is 109 cm³/mol. The second-order valence-electron chi connectivity index (χ2n) is 6.30. The zero-order chi connectivity index (χ0) is 20.3. The normalized spacial score (nSPS) is 10.6. The van der Waals surface area contributed by atoms with Crippen molar-refractivity contribution in [3.8, 4) is 11.8 Å². The predicted octanol–water partition coefficient (Wildman–Crippen LogP) is 3.44. The third kappa shape index (κ3) is 4.05. The SMILES string of the molecule is CCOc1ccc2nc(NC(=O)CCc3c(C)[nH]c(=O)c(C#N)c3C)sc2c1. The topological polar surface area (TPSA) is 108 Å². The number of pyridine rings is 1. The van der Waals surface area contributed by atoms with E-state index in [1.54, 1.807) is 13.8 Å². The molecule has 1 amide bonds. The molecule has 1 aromatic carbocycles. The van der Waals surface area contributed by atoms with Crippen LogP contribution in [0.1, 0.15) is 35.7 Å². The van der Waals surface area contributed by atoms with Crippen LogP contribution in [0.25, 0.3) is 10.2 Å².